The van der Waals surface area contributed by atoms with E-state index in [-0.39, 0.29) is 5.97 Å². The quantitative estimate of drug-likeness (QED) is 0.855. The van der Waals surface area contributed by atoms with Crippen LogP contribution >= 0.6 is 11.6 Å². The zero-order valence-electron chi connectivity index (χ0n) is 11.4. The van der Waals surface area contributed by atoms with Crippen molar-refractivity contribution in [3.05, 3.63) is 29.3 Å². The topological polar surface area (TPSA) is 38.3 Å². The van der Waals surface area contributed by atoms with E-state index in [1.54, 1.807) is 0 Å². The van der Waals surface area contributed by atoms with Crippen LogP contribution in [0.1, 0.15) is 32.6 Å². The maximum Gasteiger partial charge on any atom is 0.331 e. The van der Waals surface area contributed by atoms with Gasteiger partial charge in [0.15, 0.2) is 0 Å². The number of esters is 1. The lowest BCUT2D eigenvalue weighted by molar-refractivity contribution is -0.147. The van der Waals surface area contributed by atoms with E-state index in [1.807, 2.05) is 24.3 Å². The molecule has 0 saturated heterocycles. The van der Waals surface area contributed by atoms with Gasteiger partial charge in [0.2, 0.25) is 0 Å². The van der Waals surface area contributed by atoms with E-state index >= 15 is 0 Å². The smallest absolute Gasteiger partial charge is 0.331 e. The van der Waals surface area contributed by atoms with Crippen LogP contribution in [0.5, 0.6) is 0 Å². The van der Waals surface area contributed by atoms with Crippen LogP contribution < -0.4 is 5.32 Å². The number of hydrogen-bond acceptors (Lipinski definition) is 3. The van der Waals surface area contributed by atoms with Crippen molar-refractivity contribution in [2.75, 3.05) is 12.4 Å². The Morgan fingerprint density at radius 1 is 1.53 bits per heavy atom. The molecular weight excluding hydrogens is 262 g/mol. The van der Waals surface area contributed by atoms with Gasteiger partial charge in [-0.3, -0.25) is 0 Å². The maximum absolute atomic E-state index is 12.2. The Morgan fingerprint density at radius 3 is 2.95 bits per heavy atom. The summed E-state index contributed by atoms with van der Waals surface area (Å²) >= 11 is 5.99. The fourth-order valence-corrected chi connectivity index (χ4v) is 3.13. The first kappa shape index (κ1) is 14.2. The monoisotopic (exact) mass is 281 g/mol. The molecule has 2 unspecified atom stereocenters. The fourth-order valence-electron chi connectivity index (χ4n) is 2.94. The van der Waals surface area contributed by atoms with Crippen LogP contribution in [0.15, 0.2) is 24.3 Å². The van der Waals surface area contributed by atoms with Gasteiger partial charge in [-0.15, -0.1) is 0 Å². The van der Waals surface area contributed by atoms with Crippen molar-refractivity contribution in [1.29, 1.82) is 0 Å². The highest BCUT2D eigenvalue weighted by Gasteiger charge is 2.42. The summed E-state index contributed by atoms with van der Waals surface area (Å²) in [4.78, 5) is 12.2. The van der Waals surface area contributed by atoms with Crippen LogP contribution in [-0.4, -0.2) is 18.6 Å². The van der Waals surface area contributed by atoms with Crippen molar-refractivity contribution in [2.24, 2.45) is 5.92 Å². The molecule has 104 valence electrons. The molecule has 1 aliphatic rings. The number of benzene rings is 1. The Morgan fingerprint density at radius 2 is 2.32 bits per heavy atom. The molecule has 1 saturated carbocycles. The Bertz CT molecular complexity index is 463. The van der Waals surface area contributed by atoms with Crippen molar-refractivity contribution in [2.45, 2.75) is 38.1 Å². The molecule has 0 aromatic heterocycles. The van der Waals surface area contributed by atoms with E-state index < -0.39 is 5.54 Å². The molecule has 4 heteroatoms. The summed E-state index contributed by atoms with van der Waals surface area (Å²) in [5.74, 6) is 0.332. The second-order valence-electron chi connectivity index (χ2n) is 5.41. The molecule has 19 heavy (non-hydrogen) atoms. The highest BCUT2D eigenvalue weighted by atomic mass is 35.5. The number of anilines is 1. The summed E-state index contributed by atoms with van der Waals surface area (Å²) < 4.78 is 5.01. The highest BCUT2D eigenvalue weighted by Crippen LogP contribution is 2.36. The SMILES string of the molecule is COC(=O)C1(Nc2cccc(Cl)c2)CCCC(C)C1. The lowest BCUT2D eigenvalue weighted by Crippen LogP contribution is -2.50. The zero-order chi connectivity index (χ0) is 13.9. The molecule has 0 spiro atoms. The first-order chi connectivity index (χ1) is 9.05. The summed E-state index contributed by atoms with van der Waals surface area (Å²) in [6.07, 6.45) is 3.79. The first-order valence-corrected chi connectivity index (χ1v) is 7.06. The molecule has 1 fully saturated rings. The van der Waals surface area contributed by atoms with E-state index in [0.29, 0.717) is 10.9 Å². The van der Waals surface area contributed by atoms with Gasteiger partial charge < -0.3 is 10.1 Å². The molecule has 1 aromatic carbocycles. The van der Waals surface area contributed by atoms with Gasteiger partial charge in [-0.05, 0) is 37.0 Å². The van der Waals surface area contributed by atoms with Crippen LogP contribution in [0.3, 0.4) is 0 Å². The minimum Gasteiger partial charge on any atom is -0.467 e. The number of nitrogens with one attached hydrogen (secondary N) is 1. The molecule has 0 amide bonds. The van der Waals surface area contributed by atoms with Gasteiger partial charge in [-0.25, -0.2) is 4.79 Å². The second kappa shape index (κ2) is 5.83. The lowest BCUT2D eigenvalue weighted by Gasteiger charge is -2.38. The summed E-state index contributed by atoms with van der Waals surface area (Å²) in [5, 5.41) is 4.02. The Labute approximate surface area is 119 Å². The van der Waals surface area contributed by atoms with Gasteiger partial charge in [0.1, 0.15) is 5.54 Å². The van der Waals surface area contributed by atoms with Crippen LogP contribution in [0.2, 0.25) is 5.02 Å². The largest absolute Gasteiger partial charge is 0.467 e. The third-order valence-corrected chi connectivity index (χ3v) is 4.02. The molecule has 2 rings (SSSR count). The Hall–Kier alpha value is -1.22. The van der Waals surface area contributed by atoms with Gasteiger partial charge in [0.25, 0.3) is 0 Å². The molecule has 0 heterocycles. The van der Waals surface area contributed by atoms with Gasteiger partial charge >= 0.3 is 5.97 Å². The fraction of sp³-hybridized carbons (Fsp3) is 0.533. The molecule has 1 N–H and O–H groups in total. The van der Waals surface area contributed by atoms with Gasteiger partial charge in [-0.2, -0.15) is 0 Å². The van der Waals surface area contributed by atoms with Crippen molar-refractivity contribution >= 4 is 23.3 Å². The molecule has 0 aliphatic heterocycles. The summed E-state index contributed by atoms with van der Waals surface area (Å²) in [6.45, 7) is 2.18. The minimum absolute atomic E-state index is 0.181. The molecule has 0 radical (unpaired) electrons. The standard InChI is InChI=1S/C15H20ClNO2/c1-11-5-4-8-15(10-11,14(18)19-2)17-13-7-3-6-12(16)9-13/h3,6-7,9,11,17H,4-5,8,10H2,1-2H3. The van der Waals surface area contributed by atoms with Crippen molar-refractivity contribution < 1.29 is 9.53 Å². The summed E-state index contributed by atoms with van der Waals surface area (Å²) in [5.41, 5.74) is 0.254. The average Bonchev–Trinajstić information content (AvgIpc) is 2.37. The Kier molecular flexibility index (Phi) is 4.35. The molecular formula is C15H20ClNO2. The first-order valence-electron chi connectivity index (χ1n) is 6.68. The normalized spacial score (nSPS) is 26.8. The number of rotatable bonds is 3. The van der Waals surface area contributed by atoms with Crippen LogP contribution in [-0.2, 0) is 9.53 Å². The van der Waals surface area contributed by atoms with E-state index in [1.165, 1.54) is 7.11 Å². The predicted octanol–water partition coefficient (Wildman–Crippen LogP) is 3.87. The van der Waals surface area contributed by atoms with Crippen LogP contribution in [0.25, 0.3) is 0 Å². The van der Waals surface area contributed by atoms with Crippen molar-refractivity contribution in [3.63, 3.8) is 0 Å². The van der Waals surface area contributed by atoms with Crippen LogP contribution in [0, 0.1) is 5.92 Å². The molecule has 1 aliphatic carbocycles. The van der Waals surface area contributed by atoms with Gasteiger partial charge in [0, 0.05) is 10.7 Å². The van der Waals surface area contributed by atoms with Crippen LogP contribution in [0.4, 0.5) is 5.69 Å². The molecule has 3 nitrogen and oxygen atoms in total. The molecule has 2 atom stereocenters. The number of ether oxygens (including phenoxy) is 1. The third kappa shape index (κ3) is 3.21. The summed E-state index contributed by atoms with van der Waals surface area (Å²) in [6, 6.07) is 7.46. The molecule has 0 bridgehead atoms. The molecule has 1 aromatic rings. The van der Waals surface area contributed by atoms with Crippen molar-refractivity contribution in [1.82, 2.24) is 0 Å². The van der Waals surface area contributed by atoms with Gasteiger partial charge in [0.05, 0.1) is 7.11 Å². The second-order valence-corrected chi connectivity index (χ2v) is 5.85. The van der Waals surface area contributed by atoms with E-state index in [0.717, 1.165) is 31.4 Å². The predicted molar refractivity (Wildman–Crippen MR) is 77.5 cm³/mol. The van der Waals surface area contributed by atoms with E-state index in [9.17, 15) is 4.79 Å². The number of carbonyl (C=O) groups excluding carboxylic acids is 1. The zero-order valence-corrected chi connectivity index (χ0v) is 12.2. The lowest BCUT2D eigenvalue weighted by atomic mass is 9.76. The summed E-state index contributed by atoms with van der Waals surface area (Å²) in [7, 11) is 1.45. The average molecular weight is 282 g/mol. The number of methoxy groups -OCH3 is 1. The van der Waals surface area contributed by atoms with E-state index in [4.69, 9.17) is 16.3 Å². The number of halogens is 1. The number of hydrogen-bond donors (Lipinski definition) is 1. The maximum atomic E-state index is 12.2. The minimum atomic E-state index is -0.614. The number of carbonyl (C=O) groups is 1. The van der Waals surface area contributed by atoms with Gasteiger partial charge in [-0.1, -0.05) is 37.4 Å². The highest BCUT2D eigenvalue weighted by molar-refractivity contribution is 6.30. The van der Waals surface area contributed by atoms with E-state index in [2.05, 4.69) is 12.2 Å². The Balaban J connectivity index is 2.25. The van der Waals surface area contributed by atoms with Crippen molar-refractivity contribution in [3.8, 4) is 0 Å². The third-order valence-electron chi connectivity index (χ3n) is 3.78.